The van der Waals surface area contributed by atoms with Crippen molar-refractivity contribution in [2.75, 3.05) is 5.32 Å². The number of sulfone groups is 1. The Morgan fingerprint density at radius 1 is 1.07 bits per heavy atom. The minimum atomic E-state index is -3.85. The molecule has 0 saturated heterocycles. The highest BCUT2D eigenvalue weighted by atomic mass is 32.2. The summed E-state index contributed by atoms with van der Waals surface area (Å²) >= 11 is 0. The van der Waals surface area contributed by atoms with Crippen LogP contribution in [0.4, 0.5) is 5.82 Å². The lowest BCUT2D eigenvalue weighted by molar-refractivity contribution is -0.116. The first-order chi connectivity index (χ1) is 13.3. The number of benzene rings is 2. The molecule has 1 N–H and O–H groups in total. The summed E-state index contributed by atoms with van der Waals surface area (Å²) in [5, 5.41) is 4.92. The molecule has 0 radical (unpaired) electrons. The predicted octanol–water partition coefficient (Wildman–Crippen LogP) is 3.89. The second kappa shape index (κ2) is 7.98. The second-order valence-corrected chi connectivity index (χ2v) is 8.93. The first-order valence-corrected chi connectivity index (χ1v) is 10.5. The van der Waals surface area contributed by atoms with Crippen molar-refractivity contribution in [3.05, 3.63) is 82.6 Å². The number of nitrogens with one attached hydrogen (secondary N) is 1. The number of anilines is 1. The van der Waals surface area contributed by atoms with Crippen molar-refractivity contribution in [2.45, 2.75) is 31.8 Å². The molecule has 0 spiro atoms. The van der Waals surface area contributed by atoms with Crippen molar-refractivity contribution in [1.82, 2.24) is 5.16 Å². The molecule has 2 aromatic carbocycles. The number of nitrogens with zero attached hydrogens (tertiary/aromatic N) is 1. The monoisotopic (exact) mass is 398 g/mol. The van der Waals surface area contributed by atoms with Crippen LogP contribution in [0.1, 0.15) is 33.3 Å². The summed E-state index contributed by atoms with van der Waals surface area (Å²) in [6.07, 6.45) is 0. The van der Waals surface area contributed by atoms with E-state index < -0.39 is 21.0 Å². The quantitative estimate of drug-likeness (QED) is 0.680. The molecule has 1 amide bonds. The molecule has 0 fully saturated rings. The van der Waals surface area contributed by atoms with Gasteiger partial charge in [0.05, 0.1) is 5.75 Å². The van der Waals surface area contributed by atoms with Crippen molar-refractivity contribution in [3.8, 4) is 0 Å². The average molecular weight is 398 g/mol. The molecule has 1 atom stereocenters. The molecule has 0 aliphatic carbocycles. The van der Waals surface area contributed by atoms with Gasteiger partial charge in [0.2, 0.25) is 5.91 Å². The first kappa shape index (κ1) is 19.8. The molecule has 3 aromatic rings. The third-order valence-electron chi connectivity index (χ3n) is 4.44. The third-order valence-corrected chi connectivity index (χ3v) is 6.36. The van der Waals surface area contributed by atoms with Crippen LogP contribution >= 0.6 is 0 Å². The van der Waals surface area contributed by atoms with Crippen LogP contribution in [0, 0.1) is 20.8 Å². The molecule has 1 aromatic heterocycles. The molecule has 6 nitrogen and oxygen atoms in total. The number of carbonyl (C=O) groups is 1. The fourth-order valence-electron chi connectivity index (χ4n) is 3.02. The lowest BCUT2D eigenvalue weighted by atomic mass is 10.1. The van der Waals surface area contributed by atoms with E-state index in [1.807, 2.05) is 32.0 Å². The van der Waals surface area contributed by atoms with Gasteiger partial charge in [0, 0.05) is 6.07 Å². The number of aryl methyl sites for hydroxylation is 3. The first-order valence-electron chi connectivity index (χ1n) is 8.83. The highest BCUT2D eigenvalue weighted by Crippen LogP contribution is 2.28. The summed E-state index contributed by atoms with van der Waals surface area (Å²) in [7, 11) is -3.85. The van der Waals surface area contributed by atoms with Gasteiger partial charge < -0.3 is 9.84 Å². The van der Waals surface area contributed by atoms with Gasteiger partial charge in [-0.15, -0.1) is 0 Å². The minimum Gasteiger partial charge on any atom is -0.360 e. The van der Waals surface area contributed by atoms with Crippen molar-refractivity contribution in [3.63, 3.8) is 0 Å². The molecule has 7 heteroatoms. The van der Waals surface area contributed by atoms with E-state index in [-0.39, 0.29) is 11.6 Å². The fourth-order valence-corrected chi connectivity index (χ4v) is 4.89. The molecule has 146 valence electrons. The van der Waals surface area contributed by atoms with Gasteiger partial charge in [0.15, 0.2) is 20.9 Å². The Morgan fingerprint density at radius 3 is 2.43 bits per heavy atom. The Balaban J connectivity index is 1.98. The van der Waals surface area contributed by atoms with Crippen LogP contribution in [0.15, 0.2) is 59.1 Å². The summed E-state index contributed by atoms with van der Waals surface area (Å²) < 4.78 is 31.5. The molecular formula is C21H22N2O4S. The van der Waals surface area contributed by atoms with Crippen LogP contribution in [0.5, 0.6) is 0 Å². The highest BCUT2D eigenvalue weighted by Gasteiger charge is 2.35. The van der Waals surface area contributed by atoms with Gasteiger partial charge in [0.25, 0.3) is 0 Å². The number of rotatable bonds is 6. The Morgan fingerprint density at radius 2 is 1.79 bits per heavy atom. The molecule has 0 aliphatic rings. The van der Waals surface area contributed by atoms with Gasteiger partial charge in [-0.05, 0) is 37.5 Å². The summed E-state index contributed by atoms with van der Waals surface area (Å²) in [5.74, 6) is -0.189. The molecule has 0 saturated carbocycles. The zero-order valence-electron chi connectivity index (χ0n) is 16.0. The van der Waals surface area contributed by atoms with Gasteiger partial charge in [0.1, 0.15) is 5.76 Å². The normalized spacial score (nSPS) is 12.5. The Labute approximate surface area is 164 Å². The lowest BCUT2D eigenvalue weighted by Gasteiger charge is -2.18. The molecule has 3 rings (SSSR count). The largest absolute Gasteiger partial charge is 0.360 e. The lowest BCUT2D eigenvalue weighted by Crippen LogP contribution is -2.29. The van der Waals surface area contributed by atoms with Crippen LogP contribution in [-0.4, -0.2) is 19.5 Å². The van der Waals surface area contributed by atoms with E-state index in [1.165, 1.54) is 6.07 Å². The average Bonchev–Trinajstić information content (AvgIpc) is 3.03. The standard InChI is InChI=1S/C21H22N2O4S/c1-14-9-10-15(2)18(11-14)13-28(25,26)20(17-7-5-4-6-8-17)21(24)22-19-12-16(3)27-23-19/h4-12,20H,13H2,1-3H3,(H,22,23,24). The summed E-state index contributed by atoms with van der Waals surface area (Å²) in [6.45, 7) is 5.46. The number of hydrogen-bond acceptors (Lipinski definition) is 5. The molecule has 28 heavy (non-hydrogen) atoms. The van der Waals surface area contributed by atoms with Crippen LogP contribution < -0.4 is 5.32 Å². The van der Waals surface area contributed by atoms with E-state index in [1.54, 1.807) is 37.3 Å². The van der Waals surface area contributed by atoms with Gasteiger partial charge in [-0.1, -0.05) is 59.3 Å². The molecule has 0 aliphatic heterocycles. The number of amides is 1. The van der Waals surface area contributed by atoms with Crippen LogP contribution in [0.25, 0.3) is 0 Å². The van der Waals surface area contributed by atoms with Crippen LogP contribution in [-0.2, 0) is 20.4 Å². The van der Waals surface area contributed by atoms with Crippen molar-refractivity contribution in [1.29, 1.82) is 0 Å². The minimum absolute atomic E-state index is 0.186. The highest BCUT2D eigenvalue weighted by molar-refractivity contribution is 7.91. The number of carbonyl (C=O) groups excluding carboxylic acids is 1. The van der Waals surface area contributed by atoms with E-state index in [9.17, 15) is 13.2 Å². The second-order valence-electron chi connectivity index (χ2n) is 6.84. The van der Waals surface area contributed by atoms with E-state index in [0.29, 0.717) is 16.9 Å². The van der Waals surface area contributed by atoms with Crippen molar-refractivity contribution in [2.24, 2.45) is 0 Å². The maximum atomic E-state index is 13.3. The fraction of sp³-hybridized carbons (Fsp3) is 0.238. The molecule has 1 heterocycles. The van der Waals surface area contributed by atoms with E-state index >= 15 is 0 Å². The molecule has 0 bridgehead atoms. The van der Waals surface area contributed by atoms with E-state index in [0.717, 1.165) is 11.1 Å². The smallest absolute Gasteiger partial charge is 0.248 e. The van der Waals surface area contributed by atoms with Gasteiger partial charge in [-0.25, -0.2) is 8.42 Å². The summed E-state index contributed by atoms with van der Waals surface area (Å²) in [6, 6.07) is 15.7. The zero-order valence-corrected chi connectivity index (χ0v) is 16.8. The molecular weight excluding hydrogens is 376 g/mol. The Kier molecular flexibility index (Phi) is 5.65. The number of hydrogen-bond donors (Lipinski definition) is 1. The van der Waals surface area contributed by atoms with Crippen molar-refractivity contribution < 1.29 is 17.7 Å². The SMILES string of the molecule is Cc1ccc(C)c(CS(=O)(=O)C(C(=O)Nc2cc(C)on2)c2ccccc2)c1. The van der Waals surface area contributed by atoms with Gasteiger partial charge >= 0.3 is 0 Å². The maximum Gasteiger partial charge on any atom is 0.248 e. The Hall–Kier alpha value is -2.93. The third kappa shape index (κ3) is 4.48. The number of aromatic nitrogens is 1. The van der Waals surface area contributed by atoms with Crippen molar-refractivity contribution >= 4 is 21.6 Å². The van der Waals surface area contributed by atoms with Crippen LogP contribution in [0.3, 0.4) is 0 Å². The van der Waals surface area contributed by atoms with E-state index in [2.05, 4.69) is 10.5 Å². The predicted molar refractivity (Wildman–Crippen MR) is 108 cm³/mol. The van der Waals surface area contributed by atoms with Gasteiger partial charge in [-0.2, -0.15) is 0 Å². The van der Waals surface area contributed by atoms with Crippen LogP contribution in [0.2, 0.25) is 0 Å². The summed E-state index contributed by atoms with van der Waals surface area (Å²) in [4.78, 5) is 12.9. The van der Waals surface area contributed by atoms with Gasteiger partial charge in [-0.3, -0.25) is 4.79 Å². The zero-order chi connectivity index (χ0) is 20.3. The summed E-state index contributed by atoms with van der Waals surface area (Å²) in [5.41, 5.74) is 2.93. The maximum absolute atomic E-state index is 13.3. The van der Waals surface area contributed by atoms with E-state index in [4.69, 9.17) is 4.52 Å². The molecule has 1 unspecified atom stereocenters. The Bertz CT molecular complexity index is 1090. The topological polar surface area (TPSA) is 89.3 Å².